The lowest BCUT2D eigenvalue weighted by molar-refractivity contribution is 0.300. The van der Waals surface area contributed by atoms with Gasteiger partial charge in [-0.3, -0.25) is 0 Å². The summed E-state index contributed by atoms with van der Waals surface area (Å²) in [6, 6.07) is 9.47. The van der Waals surface area contributed by atoms with Crippen molar-refractivity contribution >= 4 is 11.8 Å². The van der Waals surface area contributed by atoms with Crippen LogP contribution in [0.5, 0.6) is 0 Å². The van der Waals surface area contributed by atoms with Crippen molar-refractivity contribution in [2.24, 2.45) is 5.41 Å². The molecule has 94 valence electrons. The Labute approximate surface area is 109 Å². The molecule has 2 unspecified atom stereocenters. The van der Waals surface area contributed by atoms with Crippen LogP contribution >= 0.6 is 11.8 Å². The van der Waals surface area contributed by atoms with Crippen molar-refractivity contribution < 1.29 is 0 Å². The molecule has 2 atom stereocenters. The first-order chi connectivity index (χ1) is 8.03. The van der Waals surface area contributed by atoms with Crippen LogP contribution in [0.25, 0.3) is 0 Å². The van der Waals surface area contributed by atoms with E-state index in [-0.39, 0.29) is 0 Å². The number of aryl methyl sites for hydroxylation is 1. The molecule has 1 aromatic carbocycles. The van der Waals surface area contributed by atoms with E-state index in [1.54, 1.807) is 0 Å². The van der Waals surface area contributed by atoms with E-state index >= 15 is 0 Å². The Balaban J connectivity index is 2.09. The van der Waals surface area contributed by atoms with E-state index in [0.717, 1.165) is 0 Å². The van der Waals surface area contributed by atoms with Gasteiger partial charge >= 0.3 is 0 Å². The monoisotopic (exact) mass is 249 g/mol. The maximum atomic E-state index is 3.52. The number of rotatable bonds is 3. The van der Waals surface area contributed by atoms with Crippen LogP contribution in [0.2, 0.25) is 0 Å². The molecule has 0 amide bonds. The standard InChI is InChI=1S/C15H23NS/c1-11-6-5-7-12(10-11)17-13-8-9-15(2,3)14(13)16-4/h5-7,10,13-14,16H,8-9H2,1-4H3. The van der Waals surface area contributed by atoms with E-state index in [9.17, 15) is 0 Å². The molecule has 0 saturated heterocycles. The first-order valence-corrected chi connectivity index (χ1v) is 7.31. The highest BCUT2D eigenvalue weighted by Gasteiger charge is 2.41. The van der Waals surface area contributed by atoms with Gasteiger partial charge in [0.1, 0.15) is 0 Å². The summed E-state index contributed by atoms with van der Waals surface area (Å²) < 4.78 is 0. The van der Waals surface area contributed by atoms with Crippen molar-refractivity contribution in [3.8, 4) is 0 Å². The molecule has 1 nitrogen and oxygen atoms in total. The van der Waals surface area contributed by atoms with Gasteiger partial charge in [0, 0.05) is 16.2 Å². The first kappa shape index (κ1) is 13.0. The summed E-state index contributed by atoms with van der Waals surface area (Å²) in [5.41, 5.74) is 1.78. The van der Waals surface area contributed by atoms with Crippen molar-refractivity contribution in [3.63, 3.8) is 0 Å². The van der Waals surface area contributed by atoms with Gasteiger partial charge < -0.3 is 5.32 Å². The Morgan fingerprint density at radius 1 is 1.35 bits per heavy atom. The summed E-state index contributed by atoms with van der Waals surface area (Å²) >= 11 is 2.04. The third-order valence-electron chi connectivity index (χ3n) is 3.87. The minimum Gasteiger partial charge on any atom is -0.315 e. The van der Waals surface area contributed by atoms with E-state index in [2.05, 4.69) is 57.4 Å². The van der Waals surface area contributed by atoms with Crippen LogP contribution in [-0.4, -0.2) is 18.3 Å². The fraction of sp³-hybridized carbons (Fsp3) is 0.600. The summed E-state index contributed by atoms with van der Waals surface area (Å²) in [5.74, 6) is 0. The number of nitrogens with one attached hydrogen (secondary N) is 1. The Morgan fingerprint density at radius 2 is 2.12 bits per heavy atom. The number of hydrogen-bond donors (Lipinski definition) is 1. The summed E-state index contributed by atoms with van der Waals surface area (Å²) in [4.78, 5) is 1.41. The van der Waals surface area contributed by atoms with Gasteiger partial charge in [-0.25, -0.2) is 0 Å². The zero-order chi connectivity index (χ0) is 12.5. The maximum Gasteiger partial charge on any atom is 0.0253 e. The summed E-state index contributed by atoms with van der Waals surface area (Å²) in [6.07, 6.45) is 2.64. The predicted octanol–water partition coefficient (Wildman–Crippen LogP) is 3.86. The molecule has 0 aliphatic heterocycles. The molecule has 2 heteroatoms. The maximum absolute atomic E-state index is 3.52. The molecule has 1 aromatic rings. The van der Waals surface area contributed by atoms with Crippen LogP contribution in [0.15, 0.2) is 29.2 Å². The molecule has 0 radical (unpaired) electrons. The van der Waals surface area contributed by atoms with Crippen molar-refractivity contribution in [1.29, 1.82) is 0 Å². The van der Waals surface area contributed by atoms with Gasteiger partial charge in [-0.05, 0) is 44.4 Å². The summed E-state index contributed by atoms with van der Waals surface area (Å²) in [6.45, 7) is 6.92. The topological polar surface area (TPSA) is 12.0 Å². The number of benzene rings is 1. The zero-order valence-corrected chi connectivity index (χ0v) is 12.1. The van der Waals surface area contributed by atoms with Gasteiger partial charge in [0.2, 0.25) is 0 Å². The highest BCUT2D eigenvalue weighted by atomic mass is 32.2. The van der Waals surface area contributed by atoms with Crippen LogP contribution in [-0.2, 0) is 0 Å². The van der Waals surface area contributed by atoms with E-state index < -0.39 is 0 Å². The molecule has 0 heterocycles. The third kappa shape index (κ3) is 2.86. The minimum absolute atomic E-state index is 0.427. The van der Waals surface area contributed by atoms with Crippen LogP contribution in [0, 0.1) is 12.3 Å². The Hall–Kier alpha value is -0.470. The SMILES string of the molecule is CNC1C(Sc2cccc(C)c2)CCC1(C)C. The van der Waals surface area contributed by atoms with Crippen LogP contribution in [0.4, 0.5) is 0 Å². The van der Waals surface area contributed by atoms with E-state index in [4.69, 9.17) is 0 Å². The quantitative estimate of drug-likeness (QED) is 0.873. The predicted molar refractivity (Wildman–Crippen MR) is 76.7 cm³/mol. The largest absolute Gasteiger partial charge is 0.315 e. The van der Waals surface area contributed by atoms with Crippen molar-refractivity contribution in [1.82, 2.24) is 5.32 Å². The van der Waals surface area contributed by atoms with E-state index in [1.807, 2.05) is 11.8 Å². The lowest BCUT2D eigenvalue weighted by Crippen LogP contribution is -2.41. The number of thioether (sulfide) groups is 1. The molecule has 1 aliphatic rings. The van der Waals surface area contributed by atoms with E-state index in [1.165, 1.54) is 23.3 Å². The average Bonchev–Trinajstić information content (AvgIpc) is 2.53. The second-order valence-corrected chi connectivity index (χ2v) is 7.08. The Morgan fingerprint density at radius 3 is 2.76 bits per heavy atom. The van der Waals surface area contributed by atoms with Gasteiger partial charge in [-0.2, -0.15) is 0 Å². The Bertz CT molecular complexity index is 386. The van der Waals surface area contributed by atoms with Crippen LogP contribution in [0.1, 0.15) is 32.3 Å². The lowest BCUT2D eigenvalue weighted by atomic mass is 9.87. The van der Waals surface area contributed by atoms with Gasteiger partial charge in [0.15, 0.2) is 0 Å². The highest BCUT2D eigenvalue weighted by molar-refractivity contribution is 8.00. The molecule has 1 N–H and O–H groups in total. The van der Waals surface area contributed by atoms with Gasteiger partial charge in [-0.15, -0.1) is 11.8 Å². The minimum atomic E-state index is 0.427. The van der Waals surface area contributed by atoms with Crippen molar-refractivity contribution in [2.75, 3.05) is 7.05 Å². The molecule has 1 fully saturated rings. The molecule has 1 saturated carbocycles. The lowest BCUT2D eigenvalue weighted by Gasteiger charge is -2.30. The summed E-state index contributed by atoms with van der Waals surface area (Å²) in [5, 5.41) is 4.22. The molecule has 0 bridgehead atoms. The van der Waals surface area contributed by atoms with Crippen LogP contribution in [0.3, 0.4) is 0 Å². The van der Waals surface area contributed by atoms with E-state index in [0.29, 0.717) is 16.7 Å². The van der Waals surface area contributed by atoms with Crippen molar-refractivity contribution in [2.45, 2.75) is 49.8 Å². The van der Waals surface area contributed by atoms with Gasteiger partial charge in [0.05, 0.1) is 0 Å². The summed E-state index contributed by atoms with van der Waals surface area (Å²) in [7, 11) is 2.10. The molecular weight excluding hydrogens is 226 g/mol. The molecule has 0 aromatic heterocycles. The molecule has 2 rings (SSSR count). The first-order valence-electron chi connectivity index (χ1n) is 6.43. The smallest absolute Gasteiger partial charge is 0.0253 e. The fourth-order valence-corrected chi connectivity index (χ4v) is 4.54. The second kappa shape index (κ2) is 5.03. The third-order valence-corrected chi connectivity index (χ3v) is 5.21. The molecule has 1 aliphatic carbocycles. The second-order valence-electron chi connectivity index (χ2n) is 5.77. The van der Waals surface area contributed by atoms with Gasteiger partial charge in [-0.1, -0.05) is 31.5 Å². The fourth-order valence-electron chi connectivity index (χ4n) is 2.91. The van der Waals surface area contributed by atoms with Crippen LogP contribution < -0.4 is 5.32 Å². The zero-order valence-electron chi connectivity index (χ0n) is 11.3. The normalized spacial score (nSPS) is 27.3. The average molecular weight is 249 g/mol. The van der Waals surface area contributed by atoms with Crippen molar-refractivity contribution in [3.05, 3.63) is 29.8 Å². The molecular formula is C15H23NS. The Kier molecular flexibility index (Phi) is 3.84. The molecule has 17 heavy (non-hydrogen) atoms. The number of hydrogen-bond acceptors (Lipinski definition) is 2. The van der Waals surface area contributed by atoms with Gasteiger partial charge in [0.25, 0.3) is 0 Å². The molecule has 0 spiro atoms. The highest BCUT2D eigenvalue weighted by Crippen LogP contribution is 2.44.